The van der Waals surface area contributed by atoms with E-state index in [4.69, 9.17) is 0 Å². The lowest BCUT2D eigenvalue weighted by molar-refractivity contribution is 0.0988. The maximum atomic E-state index is 13.4. The molecule has 0 bridgehead atoms. The third kappa shape index (κ3) is 3.03. The van der Waals surface area contributed by atoms with Crippen molar-refractivity contribution in [3.05, 3.63) is 78.1 Å². The largest absolute Gasteiger partial charge is 0.309 e. The summed E-state index contributed by atoms with van der Waals surface area (Å²) in [6.07, 6.45) is 3.47. The topological polar surface area (TPSA) is 38.1 Å². The minimum absolute atomic E-state index is 0.282. The maximum Gasteiger partial charge on any atom is 0.258 e. The molecule has 0 fully saturated rings. The number of amides is 1. The van der Waals surface area contributed by atoms with Crippen LogP contribution in [0, 0.1) is 11.6 Å². The molecule has 0 atom stereocenters. The fourth-order valence-corrected chi connectivity index (χ4v) is 2.43. The van der Waals surface area contributed by atoms with Gasteiger partial charge in [-0.05, 0) is 49.4 Å². The maximum absolute atomic E-state index is 13.4. The molecule has 24 heavy (non-hydrogen) atoms. The molecule has 1 aromatic heterocycles. The first-order valence-corrected chi connectivity index (χ1v) is 7.47. The first-order valence-electron chi connectivity index (χ1n) is 7.47. The summed E-state index contributed by atoms with van der Waals surface area (Å²) >= 11 is 0. The second-order valence-electron chi connectivity index (χ2n) is 5.15. The molecule has 2 aromatic carbocycles. The van der Waals surface area contributed by atoms with E-state index in [0.717, 1.165) is 17.8 Å². The van der Waals surface area contributed by atoms with E-state index >= 15 is 0 Å². The van der Waals surface area contributed by atoms with Crippen molar-refractivity contribution < 1.29 is 13.6 Å². The molecule has 0 aliphatic rings. The lowest BCUT2D eigenvalue weighted by Crippen LogP contribution is -2.30. The van der Waals surface area contributed by atoms with Gasteiger partial charge in [0.25, 0.3) is 5.91 Å². The molecule has 0 saturated carbocycles. The van der Waals surface area contributed by atoms with Gasteiger partial charge in [-0.3, -0.25) is 4.79 Å². The molecule has 1 amide bonds. The van der Waals surface area contributed by atoms with Crippen molar-refractivity contribution in [2.24, 2.45) is 0 Å². The third-order valence-corrected chi connectivity index (χ3v) is 3.66. The lowest BCUT2D eigenvalue weighted by Gasteiger charge is -2.21. The van der Waals surface area contributed by atoms with Crippen LogP contribution in [0.25, 0.3) is 5.69 Å². The third-order valence-electron chi connectivity index (χ3n) is 3.66. The second-order valence-corrected chi connectivity index (χ2v) is 5.15. The number of hydrogen-bond donors (Lipinski definition) is 0. The molecule has 0 saturated heterocycles. The van der Waals surface area contributed by atoms with E-state index in [-0.39, 0.29) is 5.91 Å². The second kappa shape index (κ2) is 6.62. The molecule has 0 unspecified atom stereocenters. The van der Waals surface area contributed by atoms with Crippen LogP contribution in [0.4, 0.5) is 14.5 Å². The summed E-state index contributed by atoms with van der Waals surface area (Å²) in [7, 11) is 0. The number of halogens is 2. The Balaban J connectivity index is 1.87. The monoisotopic (exact) mass is 327 g/mol. The van der Waals surface area contributed by atoms with Gasteiger partial charge in [0.2, 0.25) is 0 Å². The highest BCUT2D eigenvalue weighted by atomic mass is 19.2. The van der Waals surface area contributed by atoms with Crippen LogP contribution in [0.2, 0.25) is 0 Å². The van der Waals surface area contributed by atoms with Gasteiger partial charge < -0.3 is 4.90 Å². The number of carbonyl (C=O) groups excluding carboxylic acids is 1. The van der Waals surface area contributed by atoms with E-state index in [2.05, 4.69) is 5.10 Å². The molecular formula is C18H15F2N3O. The smallest absolute Gasteiger partial charge is 0.258 e. The van der Waals surface area contributed by atoms with Crippen molar-refractivity contribution in [2.75, 3.05) is 11.4 Å². The number of aromatic nitrogens is 2. The van der Waals surface area contributed by atoms with E-state index in [1.807, 2.05) is 0 Å². The Labute approximate surface area is 138 Å². The fraction of sp³-hybridized carbons (Fsp3) is 0.111. The first-order chi connectivity index (χ1) is 11.6. The summed E-state index contributed by atoms with van der Waals surface area (Å²) in [6.45, 7) is 2.11. The SMILES string of the molecule is CCN(C(=O)c1ccc(-n2cccn2)cc1)c1ccc(F)c(F)c1. The van der Waals surface area contributed by atoms with E-state index in [1.54, 1.807) is 54.3 Å². The van der Waals surface area contributed by atoms with Gasteiger partial charge in [0.1, 0.15) is 0 Å². The summed E-state index contributed by atoms with van der Waals surface area (Å²) in [5.74, 6) is -2.20. The van der Waals surface area contributed by atoms with Gasteiger partial charge in [0, 0.05) is 36.3 Å². The van der Waals surface area contributed by atoms with E-state index < -0.39 is 11.6 Å². The van der Waals surface area contributed by atoms with Gasteiger partial charge in [-0.1, -0.05) is 0 Å². The predicted molar refractivity (Wildman–Crippen MR) is 87.3 cm³/mol. The Morgan fingerprint density at radius 2 is 1.88 bits per heavy atom. The molecule has 122 valence electrons. The average Bonchev–Trinajstić information content (AvgIpc) is 3.13. The number of nitrogens with zero attached hydrogens (tertiary/aromatic N) is 3. The lowest BCUT2D eigenvalue weighted by atomic mass is 10.1. The minimum Gasteiger partial charge on any atom is -0.309 e. The van der Waals surface area contributed by atoms with Crippen LogP contribution in [-0.2, 0) is 0 Å². The van der Waals surface area contributed by atoms with Crippen LogP contribution in [0.3, 0.4) is 0 Å². The van der Waals surface area contributed by atoms with E-state index in [0.29, 0.717) is 17.8 Å². The summed E-state index contributed by atoms with van der Waals surface area (Å²) in [4.78, 5) is 14.1. The van der Waals surface area contributed by atoms with Crippen LogP contribution in [0.1, 0.15) is 17.3 Å². The standard InChI is InChI=1S/C18H15F2N3O/c1-2-22(15-8-9-16(19)17(20)12-15)18(24)13-4-6-14(7-5-13)23-11-3-10-21-23/h3-12H,2H2,1H3. The van der Waals surface area contributed by atoms with Crippen LogP contribution >= 0.6 is 0 Å². The number of carbonyl (C=O) groups is 1. The Kier molecular flexibility index (Phi) is 4.37. The molecular weight excluding hydrogens is 312 g/mol. The van der Waals surface area contributed by atoms with Crippen molar-refractivity contribution in [3.8, 4) is 5.69 Å². The van der Waals surface area contributed by atoms with Gasteiger partial charge in [0.05, 0.1) is 5.69 Å². The van der Waals surface area contributed by atoms with Gasteiger partial charge in [-0.15, -0.1) is 0 Å². The molecule has 0 aliphatic heterocycles. The quantitative estimate of drug-likeness (QED) is 0.731. The molecule has 3 aromatic rings. The normalized spacial score (nSPS) is 10.6. The van der Waals surface area contributed by atoms with Crippen LogP contribution in [-0.4, -0.2) is 22.2 Å². The predicted octanol–water partition coefficient (Wildman–Crippen LogP) is 3.82. The highest BCUT2D eigenvalue weighted by Gasteiger charge is 2.17. The molecule has 0 N–H and O–H groups in total. The Hall–Kier alpha value is -3.02. The van der Waals surface area contributed by atoms with Gasteiger partial charge in [0.15, 0.2) is 11.6 Å². The summed E-state index contributed by atoms with van der Waals surface area (Å²) in [5, 5.41) is 4.12. The summed E-state index contributed by atoms with van der Waals surface area (Å²) < 4.78 is 28.2. The highest BCUT2D eigenvalue weighted by molar-refractivity contribution is 6.06. The zero-order valence-corrected chi connectivity index (χ0v) is 13.0. The zero-order valence-electron chi connectivity index (χ0n) is 13.0. The molecule has 6 heteroatoms. The highest BCUT2D eigenvalue weighted by Crippen LogP contribution is 2.20. The van der Waals surface area contributed by atoms with Crippen LogP contribution in [0.5, 0.6) is 0 Å². The van der Waals surface area contributed by atoms with Gasteiger partial charge in [-0.2, -0.15) is 5.10 Å². The number of benzene rings is 2. The van der Waals surface area contributed by atoms with Crippen molar-refractivity contribution >= 4 is 11.6 Å². The van der Waals surface area contributed by atoms with E-state index in [1.165, 1.54) is 11.0 Å². The van der Waals surface area contributed by atoms with Gasteiger partial charge in [-0.25, -0.2) is 13.5 Å². The van der Waals surface area contributed by atoms with Crippen molar-refractivity contribution in [2.45, 2.75) is 6.92 Å². The molecule has 0 radical (unpaired) electrons. The number of anilines is 1. The average molecular weight is 327 g/mol. The van der Waals surface area contributed by atoms with Crippen molar-refractivity contribution in [1.29, 1.82) is 0 Å². The summed E-state index contributed by atoms with van der Waals surface area (Å²) in [6, 6.07) is 12.2. The molecule has 0 aliphatic carbocycles. The Bertz CT molecular complexity index is 845. The fourth-order valence-electron chi connectivity index (χ4n) is 2.43. The van der Waals surface area contributed by atoms with Crippen molar-refractivity contribution in [3.63, 3.8) is 0 Å². The minimum atomic E-state index is -0.979. The molecule has 4 nitrogen and oxygen atoms in total. The Morgan fingerprint density at radius 1 is 1.12 bits per heavy atom. The number of rotatable bonds is 4. The number of hydrogen-bond acceptors (Lipinski definition) is 2. The summed E-state index contributed by atoms with van der Waals surface area (Å²) in [5.41, 5.74) is 1.60. The van der Waals surface area contributed by atoms with E-state index in [9.17, 15) is 13.6 Å². The van der Waals surface area contributed by atoms with Gasteiger partial charge >= 0.3 is 0 Å². The molecule has 1 heterocycles. The van der Waals surface area contributed by atoms with Crippen molar-refractivity contribution in [1.82, 2.24) is 9.78 Å². The zero-order chi connectivity index (χ0) is 17.1. The first kappa shape index (κ1) is 15.9. The Morgan fingerprint density at radius 3 is 2.46 bits per heavy atom. The van der Waals surface area contributed by atoms with Crippen LogP contribution in [0.15, 0.2) is 60.9 Å². The molecule has 0 spiro atoms. The van der Waals surface area contributed by atoms with Crippen LogP contribution < -0.4 is 4.90 Å². The molecule has 3 rings (SSSR count).